The first-order chi connectivity index (χ1) is 19.0. The lowest BCUT2D eigenvalue weighted by Crippen LogP contribution is -2.29. The molecular weight excluding hydrogens is 517 g/mol. The van der Waals surface area contributed by atoms with Crippen molar-refractivity contribution in [2.75, 3.05) is 33.3 Å². The van der Waals surface area contributed by atoms with Gasteiger partial charge in [-0.1, -0.05) is 26.8 Å². The van der Waals surface area contributed by atoms with E-state index in [4.69, 9.17) is 18.9 Å². The van der Waals surface area contributed by atoms with Gasteiger partial charge < -0.3 is 24.1 Å². The van der Waals surface area contributed by atoms with Crippen LogP contribution in [0.5, 0.6) is 23.0 Å². The smallest absolute Gasteiger partial charge is 0.300 e. The number of hydrogen-bond donors (Lipinski definition) is 1. The number of methoxy groups -OCH3 is 4. The minimum absolute atomic E-state index is 0.144. The van der Waals surface area contributed by atoms with Gasteiger partial charge in [-0.3, -0.25) is 14.5 Å². The number of hydrogen-bond acceptors (Lipinski definition) is 7. The number of anilines is 1. The van der Waals surface area contributed by atoms with Crippen molar-refractivity contribution in [2.24, 2.45) is 0 Å². The van der Waals surface area contributed by atoms with Crippen molar-refractivity contribution in [1.82, 2.24) is 0 Å². The lowest BCUT2D eigenvalue weighted by atomic mass is 9.84. The van der Waals surface area contributed by atoms with Gasteiger partial charge in [-0.05, 0) is 59.5 Å². The predicted octanol–water partition coefficient (Wildman–Crippen LogP) is 5.78. The second kappa shape index (κ2) is 10.9. The van der Waals surface area contributed by atoms with Crippen molar-refractivity contribution in [3.63, 3.8) is 0 Å². The van der Waals surface area contributed by atoms with Gasteiger partial charge in [-0.25, -0.2) is 4.39 Å². The third kappa shape index (κ3) is 4.95. The summed E-state index contributed by atoms with van der Waals surface area (Å²) in [6.07, 6.45) is 0. The largest absolute Gasteiger partial charge is 0.507 e. The highest BCUT2D eigenvalue weighted by atomic mass is 19.1. The number of ketones is 1. The van der Waals surface area contributed by atoms with Crippen molar-refractivity contribution < 1.29 is 38.0 Å². The molecule has 1 heterocycles. The quantitative estimate of drug-likeness (QED) is 0.227. The molecular formula is C31H32FNO7. The van der Waals surface area contributed by atoms with E-state index < -0.39 is 23.5 Å². The number of benzene rings is 3. The molecule has 1 fully saturated rings. The zero-order valence-electron chi connectivity index (χ0n) is 23.5. The fourth-order valence-electron chi connectivity index (χ4n) is 4.90. The molecule has 1 aliphatic heterocycles. The van der Waals surface area contributed by atoms with Crippen LogP contribution in [0.25, 0.3) is 5.76 Å². The van der Waals surface area contributed by atoms with E-state index >= 15 is 0 Å². The number of ether oxygens (including phenoxy) is 4. The Morgan fingerprint density at radius 1 is 0.850 bits per heavy atom. The molecule has 0 saturated carbocycles. The first-order valence-corrected chi connectivity index (χ1v) is 12.5. The highest BCUT2D eigenvalue weighted by Crippen LogP contribution is 2.47. The molecule has 1 saturated heterocycles. The van der Waals surface area contributed by atoms with Crippen molar-refractivity contribution in [1.29, 1.82) is 0 Å². The molecule has 0 aromatic heterocycles. The molecule has 8 nitrogen and oxygen atoms in total. The molecule has 1 aliphatic rings. The van der Waals surface area contributed by atoms with Crippen LogP contribution in [-0.2, 0) is 15.0 Å². The zero-order valence-corrected chi connectivity index (χ0v) is 23.5. The van der Waals surface area contributed by atoms with Crippen LogP contribution >= 0.6 is 0 Å². The SMILES string of the molecule is COc1ccc(/C(O)=C2\C(=O)C(=O)N(c3cccc(F)c3)C2c2cc(OC)c(OC)c(OC)c2)cc1C(C)(C)C. The van der Waals surface area contributed by atoms with Gasteiger partial charge in [-0.2, -0.15) is 0 Å². The second-order valence-corrected chi connectivity index (χ2v) is 10.3. The second-order valence-electron chi connectivity index (χ2n) is 10.3. The van der Waals surface area contributed by atoms with Crippen LogP contribution in [0, 0.1) is 5.82 Å². The maximum atomic E-state index is 14.3. The lowest BCUT2D eigenvalue weighted by Gasteiger charge is -2.27. The van der Waals surface area contributed by atoms with Crippen LogP contribution in [0.15, 0.2) is 60.2 Å². The van der Waals surface area contributed by atoms with Gasteiger partial charge in [-0.15, -0.1) is 0 Å². The first kappa shape index (κ1) is 28.5. The summed E-state index contributed by atoms with van der Waals surface area (Å²) in [6, 6.07) is 12.4. The van der Waals surface area contributed by atoms with Crippen molar-refractivity contribution in [3.8, 4) is 23.0 Å². The molecule has 40 heavy (non-hydrogen) atoms. The number of Topliss-reactive ketones (excluding diaryl/α,β-unsaturated/α-hetero) is 1. The normalized spacial score (nSPS) is 16.7. The molecule has 4 rings (SSSR count). The Morgan fingerprint density at radius 3 is 2.00 bits per heavy atom. The monoisotopic (exact) mass is 549 g/mol. The van der Waals surface area contributed by atoms with Gasteiger partial charge >= 0.3 is 0 Å². The van der Waals surface area contributed by atoms with Crippen LogP contribution in [-0.4, -0.2) is 45.2 Å². The molecule has 0 radical (unpaired) electrons. The number of aliphatic hydroxyl groups is 1. The molecule has 1 amide bonds. The molecule has 3 aromatic rings. The number of carbonyl (C=O) groups is 2. The van der Waals surface area contributed by atoms with Gasteiger partial charge in [0.1, 0.15) is 17.3 Å². The zero-order chi connectivity index (χ0) is 29.4. The van der Waals surface area contributed by atoms with Crippen molar-refractivity contribution in [3.05, 3.63) is 82.7 Å². The van der Waals surface area contributed by atoms with Crippen LogP contribution in [0.2, 0.25) is 0 Å². The summed E-state index contributed by atoms with van der Waals surface area (Å²) in [5, 5.41) is 11.6. The van der Waals surface area contributed by atoms with E-state index in [9.17, 15) is 19.1 Å². The Balaban J connectivity index is 2.04. The first-order valence-electron chi connectivity index (χ1n) is 12.5. The standard InChI is InChI=1S/C31H32FNO7/c1-31(2,3)21-13-17(11-12-22(21)37-4)27(34)25-26(18-14-23(38-5)29(40-7)24(15-18)39-6)33(30(36)28(25)35)20-10-8-9-19(32)16-20/h8-16,26,34H,1-7H3/b27-25+. The fourth-order valence-corrected chi connectivity index (χ4v) is 4.90. The Labute approximate surface area is 232 Å². The summed E-state index contributed by atoms with van der Waals surface area (Å²) >= 11 is 0. The van der Waals surface area contributed by atoms with E-state index in [1.807, 2.05) is 20.8 Å². The van der Waals surface area contributed by atoms with E-state index in [0.717, 1.165) is 16.5 Å². The maximum Gasteiger partial charge on any atom is 0.300 e. The van der Waals surface area contributed by atoms with E-state index in [2.05, 4.69) is 0 Å². The number of amides is 1. The van der Waals surface area contributed by atoms with Gasteiger partial charge in [0, 0.05) is 16.8 Å². The van der Waals surface area contributed by atoms with Gasteiger partial charge in [0.25, 0.3) is 11.7 Å². The topological polar surface area (TPSA) is 94.5 Å². The molecule has 0 aliphatic carbocycles. The summed E-state index contributed by atoms with van der Waals surface area (Å²) in [5.41, 5.74) is 1.11. The predicted molar refractivity (Wildman–Crippen MR) is 149 cm³/mol. The summed E-state index contributed by atoms with van der Waals surface area (Å²) in [5.74, 6) is -1.34. The molecule has 1 atom stereocenters. The Morgan fingerprint density at radius 2 is 1.48 bits per heavy atom. The minimum atomic E-state index is -1.14. The average Bonchev–Trinajstić information content (AvgIpc) is 3.20. The Bertz CT molecular complexity index is 1480. The molecule has 3 aromatic carbocycles. The fraction of sp³-hybridized carbons (Fsp3) is 0.290. The van der Waals surface area contributed by atoms with Crippen LogP contribution in [0.3, 0.4) is 0 Å². The van der Waals surface area contributed by atoms with E-state index in [0.29, 0.717) is 22.6 Å². The van der Waals surface area contributed by atoms with Gasteiger partial charge in [0.05, 0.1) is 40.1 Å². The molecule has 1 unspecified atom stereocenters. The van der Waals surface area contributed by atoms with Crippen LogP contribution < -0.4 is 23.8 Å². The Hall–Kier alpha value is -4.53. The minimum Gasteiger partial charge on any atom is -0.507 e. The summed E-state index contributed by atoms with van der Waals surface area (Å²) in [4.78, 5) is 28.3. The van der Waals surface area contributed by atoms with Gasteiger partial charge in [0.2, 0.25) is 5.75 Å². The number of halogens is 1. The summed E-state index contributed by atoms with van der Waals surface area (Å²) < 4.78 is 36.3. The molecule has 210 valence electrons. The third-order valence-corrected chi connectivity index (χ3v) is 6.81. The van der Waals surface area contributed by atoms with Gasteiger partial charge in [0.15, 0.2) is 11.5 Å². The lowest BCUT2D eigenvalue weighted by molar-refractivity contribution is -0.132. The maximum absolute atomic E-state index is 14.3. The Kier molecular flexibility index (Phi) is 7.77. The summed E-state index contributed by atoms with van der Waals surface area (Å²) in [6.45, 7) is 5.98. The van der Waals surface area contributed by atoms with Crippen LogP contribution in [0.1, 0.15) is 43.5 Å². The molecule has 0 spiro atoms. The number of aliphatic hydroxyl groups excluding tert-OH is 1. The number of nitrogens with zero attached hydrogens (tertiary/aromatic N) is 1. The number of rotatable bonds is 7. The highest BCUT2D eigenvalue weighted by Gasteiger charge is 2.47. The summed E-state index contributed by atoms with van der Waals surface area (Å²) in [7, 11) is 5.89. The van der Waals surface area contributed by atoms with E-state index in [1.54, 1.807) is 37.4 Å². The van der Waals surface area contributed by atoms with E-state index in [1.165, 1.54) is 39.5 Å². The number of carbonyl (C=O) groups excluding carboxylic acids is 2. The van der Waals surface area contributed by atoms with Crippen molar-refractivity contribution >= 4 is 23.1 Å². The third-order valence-electron chi connectivity index (χ3n) is 6.81. The van der Waals surface area contributed by atoms with Crippen molar-refractivity contribution in [2.45, 2.75) is 32.2 Å². The van der Waals surface area contributed by atoms with E-state index in [-0.39, 0.29) is 33.9 Å². The molecule has 9 heteroatoms. The molecule has 1 N–H and O–H groups in total. The molecule has 0 bridgehead atoms. The average molecular weight is 550 g/mol. The highest BCUT2D eigenvalue weighted by molar-refractivity contribution is 6.51. The van der Waals surface area contributed by atoms with Crippen LogP contribution in [0.4, 0.5) is 10.1 Å².